The van der Waals surface area contributed by atoms with Gasteiger partial charge in [-0.15, -0.1) is 0 Å². The SMILES string of the molecule is CCN(CC)CCCC1(OC)CCCC[Si]1(OC)OC. The van der Waals surface area contributed by atoms with Crippen molar-refractivity contribution in [3.05, 3.63) is 0 Å². The van der Waals surface area contributed by atoms with Crippen molar-refractivity contribution in [3.8, 4) is 0 Å². The molecule has 1 rings (SSSR count). The largest absolute Gasteiger partial charge is 0.396 e. The average molecular weight is 304 g/mol. The number of nitrogens with zero attached hydrogens (tertiary/aromatic N) is 1. The van der Waals surface area contributed by atoms with Crippen molar-refractivity contribution in [3.63, 3.8) is 0 Å². The van der Waals surface area contributed by atoms with E-state index in [1.54, 1.807) is 14.2 Å². The van der Waals surface area contributed by atoms with Gasteiger partial charge in [-0.1, -0.05) is 26.7 Å². The standard InChI is InChI=1S/C15H33NO3Si/c1-6-16(7-2)13-10-12-15(17-3)11-8-9-14-20(15,18-4)19-5/h6-14H2,1-5H3. The minimum Gasteiger partial charge on any atom is -0.396 e. The Hall–Kier alpha value is 0.0569. The van der Waals surface area contributed by atoms with Gasteiger partial charge in [0.25, 0.3) is 0 Å². The molecule has 1 aliphatic heterocycles. The van der Waals surface area contributed by atoms with E-state index in [0.29, 0.717) is 0 Å². The lowest BCUT2D eigenvalue weighted by Gasteiger charge is -2.48. The summed E-state index contributed by atoms with van der Waals surface area (Å²) in [6, 6.07) is 1.05. The van der Waals surface area contributed by atoms with Crippen molar-refractivity contribution in [1.82, 2.24) is 4.90 Å². The molecule has 1 unspecified atom stereocenters. The minimum atomic E-state index is -2.24. The molecule has 1 saturated heterocycles. The van der Waals surface area contributed by atoms with Crippen LogP contribution in [-0.4, -0.2) is 59.6 Å². The molecule has 1 atom stereocenters. The number of hydrogen-bond donors (Lipinski definition) is 0. The van der Waals surface area contributed by atoms with Gasteiger partial charge in [-0.05, 0) is 44.9 Å². The number of methoxy groups -OCH3 is 1. The molecule has 0 bridgehead atoms. The van der Waals surface area contributed by atoms with Crippen LogP contribution >= 0.6 is 0 Å². The third-order valence-corrected chi connectivity index (χ3v) is 9.45. The molecule has 0 saturated carbocycles. The predicted octanol–water partition coefficient (Wildman–Crippen LogP) is 2.95. The Bertz CT molecular complexity index is 270. The molecule has 0 radical (unpaired) electrons. The van der Waals surface area contributed by atoms with Crippen LogP contribution in [0, 0.1) is 0 Å². The zero-order valence-corrected chi connectivity index (χ0v) is 15.0. The molecule has 20 heavy (non-hydrogen) atoms. The van der Waals surface area contributed by atoms with Crippen LogP contribution in [0.4, 0.5) is 0 Å². The maximum Gasteiger partial charge on any atom is 0.370 e. The van der Waals surface area contributed by atoms with Crippen LogP contribution in [0.15, 0.2) is 0 Å². The Morgan fingerprint density at radius 2 is 1.70 bits per heavy atom. The maximum atomic E-state index is 6.02. The van der Waals surface area contributed by atoms with Crippen molar-refractivity contribution < 1.29 is 13.6 Å². The zero-order chi connectivity index (χ0) is 15.1. The Morgan fingerprint density at radius 3 is 2.20 bits per heavy atom. The summed E-state index contributed by atoms with van der Waals surface area (Å²) in [6.45, 7) is 7.82. The van der Waals surface area contributed by atoms with Gasteiger partial charge in [0.1, 0.15) is 5.22 Å². The molecule has 0 aliphatic carbocycles. The van der Waals surface area contributed by atoms with E-state index in [1.807, 2.05) is 7.11 Å². The molecule has 1 aliphatic rings. The van der Waals surface area contributed by atoms with Crippen molar-refractivity contribution >= 4 is 8.56 Å². The van der Waals surface area contributed by atoms with Gasteiger partial charge in [-0.25, -0.2) is 0 Å². The zero-order valence-electron chi connectivity index (χ0n) is 14.0. The minimum absolute atomic E-state index is 0.165. The van der Waals surface area contributed by atoms with E-state index in [2.05, 4.69) is 18.7 Å². The fourth-order valence-corrected chi connectivity index (χ4v) is 7.57. The van der Waals surface area contributed by atoms with Crippen LogP contribution in [0.2, 0.25) is 6.04 Å². The summed E-state index contributed by atoms with van der Waals surface area (Å²) in [5, 5.41) is -0.165. The molecule has 0 aromatic carbocycles. The Balaban J connectivity index is 2.72. The fraction of sp³-hybridized carbons (Fsp3) is 1.00. The first kappa shape index (κ1) is 18.1. The van der Waals surface area contributed by atoms with Crippen LogP contribution in [0.5, 0.6) is 0 Å². The highest BCUT2D eigenvalue weighted by Gasteiger charge is 2.58. The molecule has 5 heteroatoms. The van der Waals surface area contributed by atoms with E-state index < -0.39 is 8.56 Å². The normalized spacial score (nSPS) is 26.1. The number of ether oxygens (including phenoxy) is 1. The summed E-state index contributed by atoms with van der Waals surface area (Å²) >= 11 is 0. The quantitative estimate of drug-likeness (QED) is 0.613. The topological polar surface area (TPSA) is 30.9 Å². The molecular weight excluding hydrogens is 270 g/mol. The first-order valence-corrected chi connectivity index (χ1v) is 10.0. The van der Waals surface area contributed by atoms with Gasteiger partial charge < -0.3 is 18.5 Å². The van der Waals surface area contributed by atoms with Gasteiger partial charge in [0, 0.05) is 21.3 Å². The first-order chi connectivity index (χ1) is 9.63. The first-order valence-electron chi connectivity index (χ1n) is 8.01. The van der Waals surface area contributed by atoms with Crippen LogP contribution in [0.25, 0.3) is 0 Å². The van der Waals surface area contributed by atoms with Gasteiger partial charge in [-0.3, -0.25) is 0 Å². The lowest BCUT2D eigenvalue weighted by molar-refractivity contribution is -0.0170. The van der Waals surface area contributed by atoms with Crippen LogP contribution in [0.3, 0.4) is 0 Å². The molecule has 0 N–H and O–H groups in total. The lowest BCUT2D eigenvalue weighted by Crippen LogP contribution is -2.64. The van der Waals surface area contributed by atoms with E-state index in [9.17, 15) is 0 Å². The smallest absolute Gasteiger partial charge is 0.370 e. The van der Waals surface area contributed by atoms with Crippen LogP contribution in [-0.2, 0) is 13.6 Å². The van der Waals surface area contributed by atoms with Crippen molar-refractivity contribution in [1.29, 1.82) is 0 Å². The van der Waals surface area contributed by atoms with E-state index >= 15 is 0 Å². The predicted molar refractivity (Wildman–Crippen MR) is 85.2 cm³/mol. The number of rotatable bonds is 9. The highest BCUT2D eigenvalue weighted by Crippen LogP contribution is 2.42. The van der Waals surface area contributed by atoms with Crippen molar-refractivity contribution in [2.45, 2.75) is 57.2 Å². The molecule has 0 spiro atoms. The molecular formula is C15H33NO3Si. The molecule has 0 aromatic rings. The summed E-state index contributed by atoms with van der Waals surface area (Å²) in [6.07, 6.45) is 5.70. The molecule has 4 nitrogen and oxygen atoms in total. The maximum absolute atomic E-state index is 6.02. The third kappa shape index (κ3) is 3.63. The summed E-state index contributed by atoms with van der Waals surface area (Å²) in [4.78, 5) is 2.47. The Kier molecular flexibility index (Phi) is 7.68. The Morgan fingerprint density at radius 1 is 1.05 bits per heavy atom. The summed E-state index contributed by atoms with van der Waals surface area (Å²) in [5.74, 6) is 0. The van der Waals surface area contributed by atoms with Crippen LogP contribution in [0.1, 0.15) is 46.0 Å². The molecule has 0 aromatic heterocycles. The fourth-order valence-electron chi connectivity index (χ4n) is 3.65. The van der Waals surface area contributed by atoms with Gasteiger partial charge in [0.05, 0.1) is 0 Å². The van der Waals surface area contributed by atoms with E-state index in [1.165, 1.54) is 12.8 Å². The molecule has 1 fully saturated rings. The average Bonchev–Trinajstić information content (AvgIpc) is 2.52. The monoisotopic (exact) mass is 303 g/mol. The second-order valence-electron chi connectivity index (χ2n) is 5.70. The second kappa shape index (κ2) is 8.49. The van der Waals surface area contributed by atoms with Crippen LogP contribution < -0.4 is 0 Å². The van der Waals surface area contributed by atoms with E-state index in [0.717, 1.165) is 44.9 Å². The third-order valence-electron chi connectivity index (χ3n) is 5.03. The summed E-state index contributed by atoms with van der Waals surface area (Å²) in [5.41, 5.74) is 0. The van der Waals surface area contributed by atoms with Gasteiger partial charge >= 0.3 is 8.56 Å². The molecule has 120 valence electrons. The van der Waals surface area contributed by atoms with Gasteiger partial charge in [0.2, 0.25) is 0 Å². The van der Waals surface area contributed by atoms with E-state index in [-0.39, 0.29) is 5.22 Å². The van der Waals surface area contributed by atoms with E-state index in [4.69, 9.17) is 13.6 Å². The van der Waals surface area contributed by atoms with Gasteiger partial charge in [0.15, 0.2) is 0 Å². The summed E-state index contributed by atoms with van der Waals surface area (Å²) < 4.78 is 17.9. The second-order valence-corrected chi connectivity index (χ2v) is 9.43. The van der Waals surface area contributed by atoms with Gasteiger partial charge in [-0.2, -0.15) is 0 Å². The summed E-state index contributed by atoms with van der Waals surface area (Å²) in [7, 11) is 3.20. The molecule has 0 amide bonds. The lowest BCUT2D eigenvalue weighted by atomic mass is 10.1. The highest BCUT2D eigenvalue weighted by molar-refractivity contribution is 6.70. The number of hydrogen-bond acceptors (Lipinski definition) is 4. The Labute approximate surface area is 126 Å². The highest BCUT2D eigenvalue weighted by atomic mass is 28.4. The van der Waals surface area contributed by atoms with Crippen molar-refractivity contribution in [2.24, 2.45) is 0 Å². The molecule has 1 heterocycles. The van der Waals surface area contributed by atoms with Crippen molar-refractivity contribution in [2.75, 3.05) is 41.0 Å².